The first kappa shape index (κ1) is 22.0. The van der Waals surface area contributed by atoms with Gasteiger partial charge in [0.05, 0.1) is 6.26 Å². The van der Waals surface area contributed by atoms with Gasteiger partial charge in [-0.25, -0.2) is 13.1 Å². The Hall–Kier alpha value is -1.07. The molecular formula is C16H28IN5O2S. The van der Waals surface area contributed by atoms with Gasteiger partial charge in [0.15, 0.2) is 5.96 Å². The Morgan fingerprint density at radius 1 is 1.12 bits per heavy atom. The van der Waals surface area contributed by atoms with Gasteiger partial charge >= 0.3 is 0 Å². The first-order chi connectivity index (χ1) is 11.5. The smallest absolute Gasteiger partial charge is 0.208 e. The number of para-hydroxylation sites is 1. The molecule has 1 aromatic rings. The molecule has 1 aliphatic rings. The summed E-state index contributed by atoms with van der Waals surface area (Å²) in [5.41, 5.74) is 1.26. The molecule has 0 spiro atoms. The second-order valence-electron chi connectivity index (χ2n) is 5.80. The molecule has 7 nitrogen and oxygen atoms in total. The lowest BCUT2D eigenvalue weighted by Crippen LogP contribution is -2.52. The molecule has 2 rings (SSSR count). The average molecular weight is 481 g/mol. The minimum absolute atomic E-state index is 0. The Kier molecular flexibility index (Phi) is 9.51. The summed E-state index contributed by atoms with van der Waals surface area (Å²) in [6, 6.07) is 10.4. The minimum Gasteiger partial charge on any atom is -0.368 e. The van der Waals surface area contributed by atoms with Gasteiger partial charge in [0.25, 0.3) is 0 Å². The van der Waals surface area contributed by atoms with Crippen LogP contribution in [0.4, 0.5) is 5.69 Å². The highest BCUT2D eigenvalue weighted by atomic mass is 127. The van der Waals surface area contributed by atoms with Crippen LogP contribution in [0.2, 0.25) is 0 Å². The molecule has 1 fully saturated rings. The Bertz CT molecular complexity index is 631. The molecule has 0 radical (unpaired) electrons. The van der Waals surface area contributed by atoms with Gasteiger partial charge in [0, 0.05) is 52.0 Å². The van der Waals surface area contributed by atoms with Crippen molar-refractivity contribution in [3.8, 4) is 0 Å². The molecule has 0 amide bonds. The minimum atomic E-state index is -3.11. The topological polar surface area (TPSA) is 77.0 Å². The van der Waals surface area contributed by atoms with Gasteiger partial charge < -0.3 is 15.1 Å². The molecule has 0 aromatic heterocycles. The summed E-state index contributed by atoms with van der Waals surface area (Å²) in [6.07, 6.45) is 1.89. The van der Waals surface area contributed by atoms with Crippen molar-refractivity contribution in [2.45, 2.75) is 6.42 Å². The summed E-state index contributed by atoms with van der Waals surface area (Å²) >= 11 is 0. The Morgan fingerprint density at radius 3 is 2.32 bits per heavy atom. The van der Waals surface area contributed by atoms with E-state index < -0.39 is 10.0 Å². The molecule has 9 heteroatoms. The number of aliphatic imine (C=N–C) groups is 1. The SMILES string of the molecule is CN=C(NCCCNS(C)(=O)=O)N1CCN(c2ccccc2)CC1.I. The fraction of sp³-hybridized carbons (Fsp3) is 0.562. The lowest BCUT2D eigenvalue weighted by molar-refractivity contribution is 0.372. The lowest BCUT2D eigenvalue weighted by Gasteiger charge is -2.37. The van der Waals surface area contributed by atoms with Crippen molar-refractivity contribution in [1.29, 1.82) is 0 Å². The second-order valence-corrected chi connectivity index (χ2v) is 7.64. The van der Waals surface area contributed by atoms with Crippen LogP contribution in [0.25, 0.3) is 0 Å². The molecule has 142 valence electrons. The van der Waals surface area contributed by atoms with Crippen molar-refractivity contribution < 1.29 is 8.42 Å². The molecule has 25 heavy (non-hydrogen) atoms. The normalized spacial score (nSPS) is 15.7. The second kappa shape index (κ2) is 10.8. The van der Waals surface area contributed by atoms with Crippen LogP contribution in [0.15, 0.2) is 35.3 Å². The van der Waals surface area contributed by atoms with Crippen LogP contribution in [0.5, 0.6) is 0 Å². The van der Waals surface area contributed by atoms with E-state index in [0.29, 0.717) is 13.1 Å². The number of anilines is 1. The van der Waals surface area contributed by atoms with E-state index >= 15 is 0 Å². The fourth-order valence-corrected chi connectivity index (χ4v) is 3.21. The molecule has 0 aliphatic carbocycles. The number of halogens is 1. The highest BCUT2D eigenvalue weighted by Crippen LogP contribution is 2.15. The third kappa shape index (κ3) is 7.78. The van der Waals surface area contributed by atoms with E-state index in [1.165, 1.54) is 11.9 Å². The van der Waals surface area contributed by atoms with E-state index in [-0.39, 0.29) is 24.0 Å². The number of hydrogen-bond donors (Lipinski definition) is 2. The summed E-state index contributed by atoms with van der Waals surface area (Å²) in [6.45, 7) is 4.87. The Labute approximate surface area is 167 Å². The first-order valence-electron chi connectivity index (χ1n) is 8.20. The monoisotopic (exact) mass is 481 g/mol. The van der Waals surface area contributed by atoms with Crippen LogP contribution in [-0.2, 0) is 10.0 Å². The summed E-state index contributed by atoms with van der Waals surface area (Å²) in [4.78, 5) is 8.94. The van der Waals surface area contributed by atoms with Crippen LogP contribution < -0.4 is 14.9 Å². The zero-order chi connectivity index (χ0) is 17.4. The maximum Gasteiger partial charge on any atom is 0.208 e. The average Bonchev–Trinajstić information content (AvgIpc) is 2.58. The molecule has 0 unspecified atom stereocenters. The van der Waals surface area contributed by atoms with Crippen LogP contribution in [-0.4, -0.2) is 71.8 Å². The molecule has 0 atom stereocenters. The van der Waals surface area contributed by atoms with Gasteiger partial charge in [-0.15, -0.1) is 24.0 Å². The van der Waals surface area contributed by atoms with Crippen molar-refractivity contribution in [3.05, 3.63) is 30.3 Å². The van der Waals surface area contributed by atoms with Gasteiger partial charge in [-0.1, -0.05) is 18.2 Å². The molecule has 1 saturated heterocycles. The van der Waals surface area contributed by atoms with Gasteiger partial charge in [-0.05, 0) is 18.6 Å². The van der Waals surface area contributed by atoms with Gasteiger partial charge in [-0.3, -0.25) is 4.99 Å². The predicted octanol–water partition coefficient (Wildman–Crippen LogP) is 0.941. The zero-order valence-electron chi connectivity index (χ0n) is 14.8. The molecular weight excluding hydrogens is 453 g/mol. The largest absolute Gasteiger partial charge is 0.368 e. The molecule has 1 aliphatic heterocycles. The van der Waals surface area contributed by atoms with Crippen LogP contribution in [0, 0.1) is 0 Å². The quantitative estimate of drug-likeness (QED) is 0.274. The van der Waals surface area contributed by atoms with Crippen molar-refractivity contribution in [1.82, 2.24) is 14.9 Å². The van der Waals surface area contributed by atoms with Crippen molar-refractivity contribution >= 4 is 45.6 Å². The third-order valence-corrected chi connectivity index (χ3v) is 4.64. The number of guanidine groups is 1. The molecule has 1 heterocycles. The summed E-state index contributed by atoms with van der Waals surface area (Å²) in [5, 5.41) is 3.30. The fourth-order valence-electron chi connectivity index (χ4n) is 2.69. The molecule has 0 bridgehead atoms. The Balaban J connectivity index is 0.00000312. The number of piperazine rings is 1. The van der Waals surface area contributed by atoms with Gasteiger partial charge in [0.1, 0.15) is 0 Å². The summed E-state index contributed by atoms with van der Waals surface area (Å²) in [5.74, 6) is 0.877. The predicted molar refractivity (Wildman–Crippen MR) is 114 cm³/mol. The van der Waals surface area contributed by atoms with Crippen molar-refractivity contribution in [2.75, 3.05) is 57.5 Å². The zero-order valence-corrected chi connectivity index (χ0v) is 18.0. The van der Waals surface area contributed by atoms with Crippen molar-refractivity contribution in [3.63, 3.8) is 0 Å². The number of hydrogen-bond acceptors (Lipinski definition) is 4. The van der Waals surface area contributed by atoms with E-state index in [0.717, 1.165) is 38.6 Å². The number of sulfonamides is 1. The summed E-state index contributed by atoms with van der Waals surface area (Å²) < 4.78 is 24.5. The van der Waals surface area contributed by atoms with Crippen LogP contribution in [0.1, 0.15) is 6.42 Å². The van der Waals surface area contributed by atoms with Gasteiger partial charge in [0.2, 0.25) is 10.0 Å². The standard InChI is InChI=1S/C16H27N5O2S.HI/c1-17-16(18-9-6-10-19-24(2,22)23)21-13-11-20(12-14-21)15-7-4-3-5-8-15;/h3-5,7-8,19H,6,9-14H2,1-2H3,(H,17,18);1H. The van der Waals surface area contributed by atoms with E-state index in [1.54, 1.807) is 7.05 Å². The lowest BCUT2D eigenvalue weighted by atomic mass is 10.2. The summed E-state index contributed by atoms with van der Waals surface area (Å²) in [7, 11) is -1.33. The molecule has 0 saturated carbocycles. The maximum absolute atomic E-state index is 11.0. The van der Waals surface area contributed by atoms with E-state index in [1.807, 2.05) is 6.07 Å². The maximum atomic E-state index is 11.0. The van der Waals surface area contributed by atoms with Crippen LogP contribution >= 0.6 is 24.0 Å². The highest BCUT2D eigenvalue weighted by molar-refractivity contribution is 14.0. The van der Waals surface area contributed by atoms with Crippen molar-refractivity contribution in [2.24, 2.45) is 4.99 Å². The highest BCUT2D eigenvalue weighted by Gasteiger charge is 2.19. The Morgan fingerprint density at radius 2 is 1.76 bits per heavy atom. The molecule has 2 N–H and O–H groups in total. The third-order valence-electron chi connectivity index (χ3n) is 3.91. The van der Waals surface area contributed by atoms with E-state index in [4.69, 9.17) is 0 Å². The van der Waals surface area contributed by atoms with Crippen LogP contribution in [0.3, 0.4) is 0 Å². The first-order valence-corrected chi connectivity index (χ1v) is 10.1. The molecule has 1 aromatic carbocycles. The number of benzene rings is 1. The number of rotatable bonds is 6. The number of nitrogens with one attached hydrogen (secondary N) is 2. The van der Waals surface area contributed by atoms with E-state index in [2.05, 4.69) is 49.1 Å². The number of nitrogens with zero attached hydrogens (tertiary/aromatic N) is 3. The van der Waals surface area contributed by atoms with Gasteiger partial charge in [-0.2, -0.15) is 0 Å². The van der Waals surface area contributed by atoms with E-state index in [9.17, 15) is 8.42 Å².